The van der Waals surface area contributed by atoms with Crippen LogP contribution in [0.2, 0.25) is 0 Å². The van der Waals surface area contributed by atoms with E-state index in [-0.39, 0.29) is 5.57 Å². The Kier molecular flexibility index (Phi) is 15.5. The zero-order valence-corrected chi connectivity index (χ0v) is 26.1. The van der Waals surface area contributed by atoms with Gasteiger partial charge < -0.3 is 28.6 Å². The average Bonchev–Trinajstić information content (AvgIpc) is 3.07. The van der Waals surface area contributed by atoms with E-state index < -0.39 is 5.97 Å². The Morgan fingerprint density at radius 3 is 1.93 bits per heavy atom. The molecule has 0 N–H and O–H groups in total. The first-order valence-corrected chi connectivity index (χ1v) is 15.1. The number of hydrogen-bond acceptors (Lipinski definition) is 9. The molecule has 0 aliphatic carbocycles. The lowest BCUT2D eigenvalue weighted by Gasteiger charge is -2.24. The van der Waals surface area contributed by atoms with Crippen molar-refractivity contribution in [3.63, 3.8) is 0 Å². The fraction of sp³-hybridized carbons (Fsp3) is 0.361. The summed E-state index contributed by atoms with van der Waals surface area (Å²) < 4.78 is 27.8. The zero-order chi connectivity index (χ0) is 32.1. The summed E-state index contributed by atoms with van der Waals surface area (Å²) in [5.74, 6) is 1.70. The van der Waals surface area contributed by atoms with Gasteiger partial charge in [-0.15, -0.1) is 0 Å². The van der Waals surface area contributed by atoms with Crippen LogP contribution < -0.4 is 14.4 Å². The third kappa shape index (κ3) is 13.1. The Morgan fingerprint density at radius 1 is 0.756 bits per heavy atom. The molecule has 45 heavy (non-hydrogen) atoms. The molecule has 0 amide bonds. The molecule has 0 saturated heterocycles. The quantitative estimate of drug-likeness (QED) is 0.0584. The van der Waals surface area contributed by atoms with Crippen LogP contribution in [0.1, 0.15) is 36.8 Å². The van der Waals surface area contributed by atoms with Gasteiger partial charge in [0, 0.05) is 51.6 Å². The van der Waals surface area contributed by atoms with Gasteiger partial charge in [-0.3, -0.25) is 0 Å². The lowest BCUT2D eigenvalue weighted by molar-refractivity contribution is -0.135. The normalized spacial score (nSPS) is 10.9. The SMILES string of the molecule is COC(=O)/C(C#N)=C/c1ccc(N(CCC#N)CCCOCCCOCCCOc2ccc(Oc3ccc(C)cc3)cc2)cc1. The minimum absolute atomic E-state index is 0.0639. The average molecular weight is 612 g/mol. The van der Waals surface area contributed by atoms with Crippen molar-refractivity contribution in [1.29, 1.82) is 10.5 Å². The van der Waals surface area contributed by atoms with Crippen molar-refractivity contribution in [1.82, 2.24) is 0 Å². The largest absolute Gasteiger partial charge is 0.494 e. The van der Waals surface area contributed by atoms with Crippen LogP contribution in [0.5, 0.6) is 17.2 Å². The van der Waals surface area contributed by atoms with Crippen molar-refractivity contribution in [3.05, 3.63) is 89.5 Å². The predicted molar refractivity (Wildman–Crippen MR) is 173 cm³/mol. The number of ether oxygens (including phenoxy) is 5. The number of nitriles is 2. The molecule has 0 aliphatic rings. The van der Waals surface area contributed by atoms with Crippen LogP contribution in [0.15, 0.2) is 78.4 Å². The summed E-state index contributed by atoms with van der Waals surface area (Å²) in [7, 11) is 1.24. The first-order valence-electron chi connectivity index (χ1n) is 15.1. The van der Waals surface area contributed by atoms with Crippen molar-refractivity contribution in [2.75, 3.05) is 58.1 Å². The second kappa shape index (κ2) is 20.2. The molecule has 0 spiro atoms. The highest BCUT2D eigenvalue weighted by atomic mass is 16.5. The summed E-state index contributed by atoms with van der Waals surface area (Å²) >= 11 is 0. The number of rotatable bonds is 20. The number of methoxy groups -OCH3 is 1. The van der Waals surface area contributed by atoms with E-state index in [0.717, 1.165) is 48.7 Å². The van der Waals surface area contributed by atoms with Gasteiger partial charge in [0.25, 0.3) is 0 Å². The predicted octanol–water partition coefficient (Wildman–Crippen LogP) is 6.87. The van der Waals surface area contributed by atoms with E-state index in [1.54, 1.807) is 0 Å². The number of hydrogen-bond donors (Lipinski definition) is 0. The fourth-order valence-electron chi connectivity index (χ4n) is 4.27. The number of nitrogens with zero attached hydrogens (tertiary/aromatic N) is 3. The van der Waals surface area contributed by atoms with E-state index in [4.69, 9.17) is 29.5 Å². The van der Waals surface area contributed by atoms with E-state index in [0.29, 0.717) is 51.6 Å². The molecule has 0 aliphatic heterocycles. The van der Waals surface area contributed by atoms with Gasteiger partial charge in [0.1, 0.15) is 28.9 Å². The number of carbonyl (C=O) groups is 1. The Labute approximate surface area is 266 Å². The van der Waals surface area contributed by atoms with E-state index in [9.17, 15) is 4.79 Å². The first kappa shape index (κ1) is 34.7. The third-order valence-electron chi connectivity index (χ3n) is 6.66. The van der Waals surface area contributed by atoms with Crippen molar-refractivity contribution < 1.29 is 28.5 Å². The number of anilines is 1. The Hall–Kier alpha value is -4.83. The highest BCUT2D eigenvalue weighted by Crippen LogP contribution is 2.24. The molecule has 0 saturated carbocycles. The maximum absolute atomic E-state index is 11.6. The maximum Gasteiger partial charge on any atom is 0.348 e. The molecule has 0 radical (unpaired) electrons. The molecule has 9 nitrogen and oxygen atoms in total. The lowest BCUT2D eigenvalue weighted by Crippen LogP contribution is -2.26. The van der Waals surface area contributed by atoms with Gasteiger partial charge >= 0.3 is 5.97 Å². The standard InChI is InChI=1S/C36H41N3O6/c1-29-7-13-34(14-8-29)45-35-17-15-33(16-18-35)44-26-6-25-43-24-5-23-42-22-4-21-39(20-3-19-37)32-11-9-30(10-12-32)27-31(28-38)36(40)41-2/h7-18,27H,3-6,20-26H2,1-2H3/b31-27+. The molecule has 3 aromatic rings. The topological polar surface area (TPSA) is 114 Å². The van der Waals surface area contributed by atoms with Gasteiger partial charge in [0.2, 0.25) is 0 Å². The van der Waals surface area contributed by atoms with Crippen LogP contribution in [0.4, 0.5) is 5.69 Å². The molecular weight excluding hydrogens is 570 g/mol. The monoisotopic (exact) mass is 611 g/mol. The van der Waals surface area contributed by atoms with Crippen LogP contribution >= 0.6 is 0 Å². The van der Waals surface area contributed by atoms with E-state index >= 15 is 0 Å². The molecule has 0 atom stereocenters. The minimum atomic E-state index is -0.669. The Morgan fingerprint density at radius 2 is 1.33 bits per heavy atom. The number of aryl methyl sites for hydroxylation is 1. The highest BCUT2D eigenvalue weighted by Gasteiger charge is 2.10. The van der Waals surface area contributed by atoms with E-state index in [2.05, 4.69) is 15.7 Å². The van der Waals surface area contributed by atoms with Crippen molar-refractivity contribution in [2.24, 2.45) is 0 Å². The molecule has 0 aromatic heterocycles. The van der Waals surface area contributed by atoms with Crippen molar-refractivity contribution >= 4 is 17.7 Å². The molecule has 0 heterocycles. The number of carbonyl (C=O) groups excluding carboxylic acids is 1. The molecule has 0 unspecified atom stereocenters. The van der Waals surface area contributed by atoms with Crippen LogP contribution in [-0.2, 0) is 19.0 Å². The van der Waals surface area contributed by atoms with Crippen molar-refractivity contribution in [2.45, 2.75) is 32.6 Å². The maximum atomic E-state index is 11.6. The summed E-state index contributed by atoms with van der Waals surface area (Å²) in [6.07, 6.45) is 4.31. The van der Waals surface area contributed by atoms with Crippen LogP contribution in [-0.4, -0.2) is 59.2 Å². The fourth-order valence-corrected chi connectivity index (χ4v) is 4.27. The van der Waals surface area contributed by atoms with Gasteiger partial charge in [-0.2, -0.15) is 10.5 Å². The van der Waals surface area contributed by atoms with Crippen LogP contribution in [0.25, 0.3) is 6.08 Å². The Bertz CT molecular complexity index is 1410. The Balaban J connectivity index is 1.24. The smallest absolute Gasteiger partial charge is 0.348 e. The highest BCUT2D eigenvalue weighted by molar-refractivity contribution is 5.97. The van der Waals surface area contributed by atoms with Crippen molar-refractivity contribution in [3.8, 4) is 29.4 Å². The molecule has 0 bridgehead atoms. The van der Waals surface area contributed by atoms with Crippen LogP contribution in [0, 0.1) is 29.6 Å². The summed E-state index contributed by atoms with van der Waals surface area (Å²) in [5.41, 5.74) is 2.81. The van der Waals surface area contributed by atoms with Gasteiger partial charge in [0.15, 0.2) is 0 Å². The zero-order valence-electron chi connectivity index (χ0n) is 26.1. The molecule has 0 fully saturated rings. The molecule has 3 rings (SSSR count). The van der Waals surface area contributed by atoms with Crippen LogP contribution in [0.3, 0.4) is 0 Å². The minimum Gasteiger partial charge on any atom is -0.494 e. The second-order valence-electron chi connectivity index (χ2n) is 10.2. The lowest BCUT2D eigenvalue weighted by atomic mass is 10.1. The molecular formula is C36H41N3O6. The van der Waals surface area contributed by atoms with Gasteiger partial charge in [0.05, 0.1) is 26.2 Å². The summed E-state index contributed by atoms with van der Waals surface area (Å²) in [5, 5.41) is 18.2. The first-order chi connectivity index (χ1) is 22.0. The second-order valence-corrected chi connectivity index (χ2v) is 10.2. The van der Waals surface area contributed by atoms with Gasteiger partial charge in [-0.25, -0.2) is 4.79 Å². The molecule has 3 aromatic carbocycles. The van der Waals surface area contributed by atoms with E-state index in [1.165, 1.54) is 18.7 Å². The molecule has 9 heteroatoms. The number of esters is 1. The summed E-state index contributed by atoms with van der Waals surface area (Å²) in [6, 6.07) is 27.1. The summed E-state index contributed by atoms with van der Waals surface area (Å²) in [6.45, 7) is 6.44. The summed E-state index contributed by atoms with van der Waals surface area (Å²) in [4.78, 5) is 13.8. The van der Waals surface area contributed by atoms with E-state index in [1.807, 2.05) is 85.8 Å². The van der Waals surface area contributed by atoms with Gasteiger partial charge in [-0.1, -0.05) is 29.8 Å². The third-order valence-corrected chi connectivity index (χ3v) is 6.66. The number of benzene rings is 3. The molecule has 236 valence electrons. The van der Waals surface area contributed by atoms with Gasteiger partial charge in [-0.05, 0) is 79.9 Å².